The molecule has 1 atom stereocenters. The van der Waals surface area contributed by atoms with Gasteiger partial charge in [0.15, 0.2) is 6.10 Å². The first kappa shape index (κ1) is 17.6. The van der Waals surface area contributed by atoms with Gasteiger partial charge in [0.1, 0.15) is 0 Å². The molecule has 2 heterocycles. The van der Waals surface area contributed by atoms with E-state index in [1.807, 2.05) is 54.6 Å². The minimum absolute atomic E-state index is 0.271. The second-order valence-corrected chi connectivity index (χ2v) is 7.14. The monoisotopic (exact) mass is 385 g/mol. The van der Waals surface area contributed by atoms with Crippen molar-refractivity contribution in [3.05, 3.63) is 77.3 Å². The number of carbonyl (C=O) groups excluding carboxylic acids is 1. The summed E-state index contributed by atoms with van der Waals surface area (Å²) >= 11 is 0. The molecule has 4 aromatic rings. The van der Waals surface area contributed by atoms with Crippen molar-refractivity contribution in [3.63, 3.8) is 0 Å². The van der Waals surface area contributed by atoms with Gasteiger partial charge in [-0.2, -0.15) is 0 Å². The van der Waals surface area contributed by atoms with Crippen LogP contribution in [0.2, 0.25) is 0 Å². The summed E-state index contributed by atoms with van der Waals surface area (Å²) in [5.74, 6) is 0.291. The molecule has 2 aromatic heterocycles. The maximum Gasteiger partial charge on any atom is 0.339 e. The summed E-state index contributed by atoms with van der Waals surface area (Å²) in [5.41, 5.74) is 4.24. The van der Waals surface area contributed by atoms with E-state index >= 15 is 0 Å². The van der Waals surface area contributed by atoms with Crippen LogP contribution in [-0.2, 0) is 17.6 Å². The molecule has 0 unspecified atom stereocenters. The summed E-state index contributed by atoms with van der Waals surface area (Å²) in [5, 5.41) is 8.97. The summed E-state index contributed by atoms with van der Waals surface area (Å²) in [7, 11) is 0. The van der Waals surface area contributed by atoms with Gasteiger partial charge in [-0.05, 0) is 49.9 Å². The zero-order valence-corrected chi connectivity index (χ0v) is 16.0. The lowest BCUT2D eigenvalue weighted by Gasteiger charge is -2.14. The van der Waals surface area contributed by atoms with Gasteiger partial charge in [0.05, 0.1) is 11.1 Å². The van der Waals surface area contributed by atoms with Crippen LogP contribution in [0.15, 0.2) is 59.0 Å². The van der Waals surface area contributed by atoms with E-state index < -0.39 is 6.10 Å². The van der Waals surface area contributed by atoms with Crippen LogP contribution in [0, 0.1) is 0 Å². The molecule has 0 amide bonds. The first-order valence-electron chi connectivity index (χ1n) is 9.71. The Morgan fingerprint density at radius 2 is 1.83 bits per heavy atom. The molecule has 1 aliphatic carbocycles. The number of aromatic nitrogens is 3. The van der Waals surface area contributed by atoms with Crippen LogP contribution in [0.5, 0.6) is 0 Å². The maximum atomic E-state index is 13.1. The standard InChI is InChI=1S/C23H19N3O3/c1-14(21-25-26-22(29-21)15-8-3-2-4-9-15)28-23(27)20-16-10-5-6-12-18(16)24-19-13-7-11-17(19)20/h2-6,8-10,12,14H,7,11,13H2,1H3/t14-/m0/s1. The third-order valence-electron chi connectivity index (χ3n) is 5.22. The number of fused-ring (bicyclic) bond motifs is 2. The molecule has 2 aromatic carbocycles. The number of nitrogens with zero attached hydrogens (tertiary/aromatic N) is 3. The third-order valence-corrected chi connectivity index (χ3v) is 5.22. The number of ether oxygens (including phenoxy) is 1. The lowest BCUT2D eigenvalue weighted by molar-refractivity contribution is 0.0281. The summed E-state index contributed by atoms with van der Waals surface area (Å²) in [6.07, 6.45) is 2.07. The topological polar surface area (TPSA) is 78.1 Å². The fraction of sp³-hybridized carbons (Fsp3) is 0.217. The highest BCUT2D eigenvalue weighted by Crippen LogP contribution is 2.32. The zero-order chi connectivity index (χ0) is 19.8. The molecular formula is C23H19N3O3. The van der Waals surface area contributed by atoms with Crippen molar-refractivity contribution in [3.8, 4) is 11.5 Å². The summed E-state index contributed by atoms with van der Waals surface area (Å²) < 4.78 is 11.5. The Labute approximate surface area is 167 Å². The molecule has 1 aliphatic rings. The van der Waals surface area contributed by atoms with Crippen LogP contribution >= 0.6 is 0 Å². The Morgan fingerprint density at radius 3 is 2.69 bits per heavy atom. The molecule has 0 N–H and O–H groups in total. The van der Waals surface area contributed by atoms with Gasteiger partial charge in [0, 0.05) is 16.6 Å². The van der Waals surface area contributed by atoms with Crippen LogP contribution in [0.3, 0.4) is 0 Å². The van der Waals surface area contributed by atoms with Gasteiger partial charge in [0.2, 0.25) is 5.89 Å². The van der Waals surface area contributed by atoms with Crippen molar-refractivity contribution >= 4 is 16.9 Å². The minimum atomic E-state index is -0.656. The van der Waals surface area contributed by atoms with Crippen molar-refractivity contribution in [1.82, 2.24) is 15.2 Å². The van der Waals surface area contributed by atoms with Crippen molar-refractivity contribution < 1.29 is 13.9 Å². The molecule has 0 saturated heterocycles. The largest absolute Gasteiger partial charge is 0.449 e. The molecule has 6 nitrogen and oxygen atoms in total. The zero-order valence-electron chi connectivity index (χ0n) is 16.0. The predicted octanol–water partition coefficient (Wildman–Crippen LogP) is 4.69. The molecule has 0 aliphatic heterocycles. The number of para-hydroxylation sites is 1. The van der Waals surface area contributed by atoms with Crippen LogP contribution in [0.4, 0.5) is 0 Å². The number of carbonyl (C=O) groups is 1. The van der Waals surface area contributed by atoms with Crippen LogP contribution < -0.4 is 0 Å². The molecular weight excluding hydrogens is 366 g/mol. The quantitative estimate of drug-likeness (QED) is 0.474. The molecule has 0 fully saturated rings. The van der Waals surface area contributed by atoms with Crippen molar-refractivity contribution in [2.45, 2.75) is 32.3 Å². The highest BCUT2D eigenvalue weighted by Gasteiger charge is 2.27. The smallest absolute Gasteiger partial charge is 0.339 e. The first-order valence-corrected chi connectivity index (χ1v) is 9.71. The van der Waals surface area contributed by atoms with Crippen molar-refractivity contribution in [2.24, 2.45) is 0 Å². The lowest BCUT2D eigenvalue weighted by Crippen LogP contribution is -2.13. The van der Waals surface area contributed by atoms with Crippen LogP contribution in [-0.4, -0.2) is 21.2 Å². The van der Waals surface area contributed by atoms with Crippen molar-refractivity contribution in [2.75, 3.05) is 0 Å². The molecule has 0 saturated carbocycles. The average Bonchev–Trinajstić information content (AvgIpc) is 3.42. The number of esters is 1. The maximum absolute atomic E-state index is 13.1. The fourth-order valence-corrected chi connectivity index (χ4v) is 3.81. The predicted molar refractivity (Wildman–Crippen MR) is 107 cm³/mol. The SMILES string of the molecule is C[C@H](OC(=O)c1c2c(nc3ccccc13)CCC2)c1nnc(-c2ccccc2)o1. The van der Waals surface area contributed by atoms with E-state index in [0.29, 0.717) is 11.5 Å². The highest BCUT2D eigenvalue weighted by atomic mass is 16.6. The molecule has 5 rings (SSSR count). The Morgan fingerprint density at radius 1 is 1.03 bits per heavy atom. The number of pyridine rings is 1. The molecule has 6 heteroatoms. The first-order chi connectivity index (χ1) is 14.2. The molecule has 144 valence electrons. The van der Waals surface area contributed by atoms with Gasteiger partial charge < -0.3 is 9.15 Å². The van der Waals surface area contributed by atoms with Gasteiger partial charge in [0.25, 0.3) is 5.89 Å². The van der Waals surface area contributed by atoms with E-state index in [0.717, 1.165) is 47.0 Å². The van der Waals surface area contributed by atoms with Crippen molar-refractivity contribution in [1.29, 1.82) is 0 Å². The van der Waals surface area contributed by atoms with Gasteiger partial charge in [-0.25, -0.2) is 4.79 Å². The van der Waals surface area contributed by atoms with Gasteiger partial charge in [-0.15, -0.1) is 10.2 Å². The molecule has 0 bridgehead atoms. The molecule has 0 radical (unpaired) electrons. The highest BCUT2D eigenvalue weighted by molar-refractivity contribution is 6.05. The van der Waals surface area contributed by atoms with Crippen LogP contribution in [0.1, 0.15) is 47.0 Å². The minimum Gasteiger partial charge on any atom is -0.449 e. The van der Waals surface area contributed by atoms with E-state index in [2.05, 4.69) is 10.2 Å². The summed E-state index contributed by atoms with van der Waals surface area (Å²) in [6.45, 7) is 1.74. The molecule has 29 heavy (non-hydrogen) atoms. The Bertz CT molecular complexity index is 1200. The second-order valence-electron chi connectivity index (χ2n) is 7.14. The number of rotatable bonds is 4. The number of benzene rings is 2. The van der Waals surface area contributed by atoms with E-state index in [1.54, 1.807) is 6.92 Å². The van der Waals surface area contributed by atoms with Gasteiger partial charge >= 0.3 is 5.97 Å². The van der Waals surface area contributed by atoms with E-state index in [-0.39, 0.29) is 11.9 Å². The van der Waals surface area contributed by atoms with Gasteiger partial charge in [-0.1, -0.05) is 36.4 Å². The average molecular weight is 385 g/mol. The molecule has 0 spiro atoms. The number of aryl methyl sites for hydroxylation is 1. The summed E-state index contributed by atoms with van der Waals surface area (Å²) in [6, 6.07) is 17.2. The Hall–Kier alpha value is -3.54. The Kier molecular flexibility index (Phi) is 4.31. The van der Waals surface area contributed by atoms with E-state index in [4.69, 9.17) is 14.1 Å². The van der Waals surface area contributed by atoms with Crippen LogP contribution in [0.25, 0.3) is 22.4 Å². The van der Waals surface area contributed by atoms with E-state index in [1.165, 1.54) is 0 Å². The normalized spacial score (nSPS) is 14.0. The lowest BCUT2D eigenvalue weighted by atomic mass is 10.0. The second kappa shape index (κ2) is 7.13. The third kappa shape index (κ3) is 3.16. The fourth-order valence-electron chi connectivity index (χ4n) is 3.81. The number of hydrogen-bond acceptors (Lipinski definition) is 6. The van der Waals surface area contributed by atoms with E-state index in [9.17, 15) is 4.79 Å². The van der Waals surface area contributed by atoms with Gasteiger partial charge in [-0.3, -0.25) is 4.98 Å². The number of hydrogen-bond donors (Lipinski definition) is 0. The summed E-state index contributed by atoms with van der Waals surface area (Å²) in [4.78, 5) is 17.9. The Balaban J connectivity index is 1.45.